The molecule has 0 amide bonds. The predicted molar refractivity (Wildman–Crippen MR) is 129 cm³/mol. The second kappa shape index (κ2) is 8.62. The minimum absolute atomic E-state index is 0.00775. The first-order valence-corrected chi connectivity index (χ1v) is 11.2. The van der Waals surface area contributed by atoms with Gasteiger partial charge in [-0.25, -0.2) is 0 Å². The molecule has 172 valence electrons. The van der Waals surface area contributed by atoms with Gasteiger partial charge in [0, 0.05) is 24.3 Å². The second-order valence-corrected chi connectivity index (χ2v) is 8.50. The van der Waals surface area contributed by atoms with Gasteiger partial charge in [0.2, 0.25) is 0 Å². The van der Waals surface area contributed by atoms with Gasteiger partial charge in [-0.1, -0.05) is 38.1 Å². The Morgan fingerprint density at radius 3 is 1.21 bits per heavy atom. The molecule has 0 radical (unpaired) electrons. The molecule has 4 aromatic rings. The van der Waals surface area contributed by atoms with Crippen molar-refractivity contribution in [2.45, 2.75) is 47.0 Å². The van der Waals surface area contributed by atoms with E-state index in [4.69, 9.17) is 0 Å². The van der Waals surface area contributed by atoms with E-state index in [1.165, 1.54) is 33.4 Å². The largest absolute Gasteiger partial charge is 0.494 e. The van der Waals surface area contributed by atoms with E-state index in [2.05, 4.69) is 38.1 Å². The molecule has 0 aliphatic rings. The summed E-state index contributed by atoms with van der Waals surface area (Å²) < 4.78 is 2.95. The van der Waals surface area contributed by atoms with Gasteiger partial charge in [-0.2, -0.15) is 0 Å². The summed E-state index contributed by atoms with van der Waals surface area (Å²) in [5.41, 5.74) is 7.91. The maximum atomic E-state index is 10.2. The van der Waals surface area contributed by atoms with Crippen LogP contribution in [0.1, 0.15) is 47.2 Å². The summed E-state index contributed by atoms with van der Waals surface area (Å²) >= 11 is 0. The van der Waals surface area contributed by atoms with Crippen LogP contribution in [-0.2, 0) is 19.3 Å². The maximum Gasteiger partial charge on any atom is 0.198 e. The Morgan fingerprint density at radius 2 is 0.909 bits per heavy atom. The lowest BCUT2D eigenvalue weighted by molar-refractivity contribution is 0.400. The SMILES string of the molecule is CCc1cc(Cc2cc(C)c(-n3c(O)ccc3O)c(CC)c2)cc(C)c1-n1c(O)ccc1O. The highest BCUT2D eigenvalue weighted by Crippen LogP contribution is 2.34. The average Bonchev–Trinajstić information content (AvgIpc) is 3.28. The van der Waals surface area contributed by atoms with E-state index in [0.29, 0.717) is 0 Å². The number of aryl methyl sites for hydroxylation is 4. The van der Waals surface area contributed by atoms with Crippen LogP contribution in [0.4, 0.5) is 0 Å². The topological polar surface area (TPSA) is 90.8 Å². The molecule has 2 aromatic heterocycles. The fourth-order valence-electron chi connectivity index (χ4n) is 4.78. The Bertz CT molecular complexity index is 1190. The Hall–Kier alpha value is -3.80. The Labute approximate surface area is 193 Å². The van der Waals surface area contributed by atoms with Gasteiger partial charge < -0.3 is 20.4 Å². The number of hydrogen-bond acceptors (Lipinski definition) is 4. The summed E-state index contributed by atoms with van der Waals surface area (Å²) in [6, 6.07) is 14.4. The summed E-state index contributed by atoms with van der Waals surface area (Å²) in [5.74, 6) is 0.0310. The lowest BCUT2D eigenvalue weighted by Crippen LogP contribution is -2.05. The Kier molecular flexibility index (Phi) is 5.85. The molecule has 0 saturated heterocycles. The Balaban J connectivity index is 1.76. The van der Waals surface area contributed by atoms with E-state index in [-0.39, 0.29) is 23.5 Å². The van der Waals surface area contributed by atoms with Gasteiger partial charge in [-0.3, -0.25) is 9.13 Å². The van der Waals surface area contributed by atoms with Crippen molar-refractivity contribution >= 4 is 0 Å². The third kappa shape index (κ3) is 3.93. The molecule has 0 atom stereocenters. The number of hydrogen-bond donors (Lipinski definition) is 4. The number of aromatic hydroxyl groups is 4. The molecule has 0 spiro atoms. The molecule has 0 bridgehead atoms. The highest BCUT2D eigenvalue weighted by atomic mass is 16.3. The van der Waals surface area contributed by atoms with Crippen LogP contribution < -0.4 is 0 Å². The first-order valence-electron chi connectivity index (χ1n) is 11.2. The van der Waals surface area contributed by atoms with Crippen LogP contribution in [0.15, 0.2) is 48.5 Å². The molecule has 0 saturated carbocycles. The monoisotopic (exact) mass is 446 g/mol. The lowest BCUT2D eigenvalue weighted by atomic mass is 9.94. The van der Waals surface area contributed by atoms with Crippen LogP contribution in [0.2, 0.25) is 0 Å². The van der Waals surface area contributed by atoms with Crippen LogP contribution in [0.5, 0.6) is 23.5 Å². The van der Waals surface area contributed by atoms with Crippen molar-refractivity contribution in [2.24, 2.45) is 0 Å². The van der Waals surface area contributed by atoms with Crippen molar-refractivity contribution in [1.29, 1.82) is 0 Å². The highest BCUT2D eigenvalue weighted by molar-refractivity contribution is 5.57. The molecule has 0 unspecified atom stereocenters. The zero-order valence-corrected chi connectivity index (χ0v) is 19.4. The first kappa shape index (κ1) is 22.4. The molecule has 4 N–H and O–H groups in total. The molecule has 0 fully saturated rings. The smallest absolute Gasteiger partial charge is 0.198 e. The average molecular weight is 447 g/mol. The standard InChI is InChI=1S/C27H30N2O4/c1-5-20-14-18(11-16(3)26(20)28-22(30)7-8-23(28)31)13-19-12-17(4)27(21(6-2)15-19)29-24(32)9-10-25(29)33/h7-12,14-15,30-33H,5-6,13H2,1-4H3. The number of benzene rings is 2. The van der Waals surface area contributed by atoms with Gasteiger partial charge in [-0.05, 0) is 66.5 Å². The molecule has 0 aliphatic carbocycles. The number of nitrogens with zero attached hydrogens (tertiary/aromatic N) is 2. The van der Waals surface area contributed by atoms with Crippen LogP contribution >= 0.6 is 0 Å². The summed E-state index contributed by atoms with van der Waals surface area (Å²) in [6.07, 6.45) is 2.23. The third-order valence-corrected chi connectivity index (χ3v) is 6.18. The van der Waals surface area contributed by atoms with E-state index in [1.54, 1.807) is 0 Å². The van der Waals surface area contributed by atoms with Crippen LogP contribution in [0, 0.1) is 13.8 Å². The maximum absolute atomic E-state index is 10.2. The molecule has 6 nitrogen and oxygen atoms in total. The predicted octanol–water partition coefficient (Wildman–Crippen LogP) is 5.42. The van der Waals surface area contributed by atoms with Crippen molar-refractivity contribution in [3.05, 3.63) is 81.9 Å². The van der Waals surface area contributed by atoms with Crippen molar-refractivity contribution < 1.29 is 20.4 Å². The van der Waals surface area contributed by atoms with E-state index < -0.39 is 0 Å². The fourth-order valence-corrected chi connectivity index (χ4v) is 4.78. The molecule has 2 aromatic carbocycles. The minimum atomic E-state index is 0.00775. The summed E-state index contributed by atoms with van der Waals surface area (Å²) in [4.78, 5) is 0. The van der Waals surface area contributed by atoms with Gasteiger partial charge >= 0.3 is 0 Å². The van der Waals surface area contributed by atoms with Crippen molar-refractivity contribution in [3.63, 3.8) is 0 Å². The third-order valence-electron chi connectivity index (χ3n) is 6.18. The quantitative estimate of drug-likeness (QED) is 0.318. The summed E-state index contributed by atoms with van der Waals surface area (Å²) in [6.45, 7) is 8.09. The van der Waals surface area contributed by atoms with Crippen LogP contribution in [-0.4, -0.2) is 29.6 Å². The lowest BCUT2D eigenvalue weighted by Gasteiger charge is -2.19. The van der Waals surface area contributed by atoms with E-state index in [0.717, 1.165) is 64.0 Å². The van der Waals surface area contributed by atoms with Crippen molar-refractivity contribution in [2.75, 3.05) is 0 Å². The second-order valence-electron chi connectivity index (χ2n) is 8.50. The zero-order chi connectivity index (χ0) is 23.9. The fraction of sp³-hybridized carbons (Fsp3) is 0.259. The highest BCUT2D eigenvalue weighted by Gasteiger charge is 2.18. The van der Waals surface area contributed by atoms with E-state index in [9.17, 15) is 20.4 Å². The van der Waals surface area contributed by atoms with Gasteiger partial charge in [0.05, 0.1) is 11.4 Å². The van der Waals surface area contributed by atoms with Crippen LogP contribution in [0.25, 0.3) is 11.4 Å². The number of aromatic nitrogens is 2. The van der Waals surface area contributed by atoms with Crippen molar-refractivity contribution in [1.82, 2.24) is 9.13 Å². The summed E-state index contributed by atoms with van der Waals surface area (Å²) in [5, 5.41) is 40.9. The normalized spacial score (nSPS) is 11.3. The molecule has 2 heterocycles. The molecule has 4 rings (SSSR count). The molecular weight excluding hydrogens is 416 g/mol. The molecule has 33 heavy (non-hydrogen) atoms. The first-order chi connectivity index (χ1) is 15.7. The van der Waals surface area contributed by atoms with Gasteiger partial charge in [0.1, 0.15) is 0 Å². The van der Waals surface area contributed by atoms with Crippen molar-refractivity contribution in [3.8, 4) is 34.9 Å². The molecule has 6 heteroatoms. The van der Waals surface area contributed by atoms with E-state index >= 15 is 0 Å². The zero-order valence-electron chi connectivity index (χ0n) is 19.4. The van der Waals surface area contributed by atoms with Gasteiger partial charge in [0.25, 0.3) is 0 Å². The molecular formula is C27H30N2O4. The van der Waals surface area contributed by atoms with E-state index in [1.807, 2.05) is 13.8 Å². The Morgan fingerprint density at radius 1 is 0.576 bits per heavy atom. The van der Waals surface area contributed by atoms with Gasteiger partial charge in [-0.15, -0.1) is 0 Å². The molecule has 0 aliphatic heterocycles. The van der Waals surface area contributed by atoms with Gasteiger partial charge in [0.15, 0.2) is 23.5 Å². The summed E-state index contributed by atoms with van der Waals surface area (Å²) in [7, 11) is 0. The number of rotatable bonds is 6. The van der Waals surface area contributed by atoms with Crippen LogP contribution in [0.3, 0.4) is 0 Å². The minimum Gasteiger partial charge on any atom is -0.494 e.